The molecule has 2 amide bonds. The van der Waals surface area contributed by atoms with Crippen LogP contribution in [0.5, 0.6) is 0 Å². The molecule has 0 radical (unpaired) electrons. The van der Waals surface area contributed by atoms with E-state index in [1.165, 1.54) is 17.7 Å². The van der Waals surface area contributed by atoms with Gasteiger partial charge in [-0.3, -0.25) is 9.59 Å². The summed E-state index contributed by atoms with van der Waals surface area (Å²) < 4.78 is 25.6. The second-order valence-corrected chi connectivity index (χ2v) is 9.46. The highest BCUT2D eigenvalue weighted by Crippen LogP contribution is 2.35. The van der Waals surface area contributed by atoms with E-state index in [0.717, 1.165) is 16.3 Å². The molecule has 2 aliphatic heterocycles. The molecule has 1 unspecified atom stereocenters. The first kappa shape index (κ1) is 19.0. The number of amides is 2. The third kappa shape index (κ3) is 3.18. The van der Waals surface area contributed by atoms with Crippen molar-refractivity contribution in [2.45, 2.75) is 19.9 Å². The Bertz CT molecular complexity index is 1080. The van der Waals surface area contributed by atoms with Gasteiger partial charge in [-0.25, -0.2) is 12.7 Å². The molecule has 0 bridgehead atoms. The molecule has 8 heteroatoms. The van der Waals surface area contributed by atoms with Crippen LogP contribution in [0.3, 0.4) is 0 Å². The molecule has 0 spiro atoms. The number of carbonyl (C=O) groups excluding carboxylic acids is 2. The quantitative estimate of drug-likeness (QED) is 0.751. The van der Waals surface area contributed by atoms with Crippen molar-refractivity contribution in [2.24, 2.45) is 5.92 Å². The van der Waals surface area contributed by atoms with Crippen LogP contribution in [-0.2, 0) is 27.8 Å². The van der Waals surface area contributed by atoms with Crippen LogP contribution in [0.15, 0.2) is 42.5 Å². The summed E-state index contributed by atoms with van der Waals surface area (Å²) in [5.41, 5.74) is 2.68. The number of sulfonamides is 1. The second-order valence-electron chi connectivity index (χ2n) is 7.19. The molecule has 1 fully saturated rings. The average Bonchev–Trinajstić information content (AvgIpc) is 2.88. The Balaban J connectivity index is 1.66. The van der Waals surface area contributed by atoms with Crippen LogP contribution in [0, 0.1) is 5.92 Å². The molecule has 1 saturated heterocycles. The summed E-state index contributed by atoms with van der Waals surface area (Å²) in [6.45, 7) is 2.63. The minimum atomic E-state index is -3.79. The monoisotopic (exact) mass is 418 g/mol. The standard InChI is InChI=1S/C20H19ClN2O4S/c1-13-12-28(26,27)23(19(13)24)18-10-15(6-7-17(18)21)20(25)22-9-8-14-4-2-3-5-16(14)11-22/h2-7,10,13H,8-9,11-12H2,1H3. The lowest BCUT2D eigenvalue weighted by Crippen LogP contribution is -2.36. The molecule has 6 nitrogen and oxygen atoms in total. The minimum Gasteiger partial charge on any atom is -0.334 e. The normalized spacial score (nSPS) is 20.9. The van der Waals surface area contributed by atoms with Crippen molar-refractivity contribution in [3.8, 4) is 0 Å². The summed E-state index contributed by atoms with van der Waals surface area (Å²) in [6, 6.07) is 12.4. The number of fused-ring (bicyclic) bond motifs is 1. The van der Waals surface area contributed by atoms with Crippen molar-refractivity contribution in [3.63, 3.8) is 0 Å². The van der Waals surface area contributed by atoms with Crippen LogP contribution in [0.25, 0.3) is 0 Å². The topological polar surface area (TPSA) is 74.8 Å². The number of rotatable bonds is 2. The van der Waals surface area contributed by atoms with Gasteiger partial charge in [0, 0.05) is 18.7 Å². The number of halogens is 1. The first-order chi connectivity index (χ1) is 13.3. The molecule has 146 valence electrons. The Morgan fingerprint density at radius 2 is 1.86 bits per heavy atom. The van der Waals surface area contributed by atoms with Gasteiger partial charge < -0.3 is 4.90 Å². The number of carbonyl (C=O) groups is 2. The van der Waals surface area contributed by atoms with Gasteiger partial charge in [-0.15, -0.1) is 0 Å². The summed E-state index contributed by atoms with van der Waals surface area (Å²) >= 11 is 6.19. The maximum Gasteiger partial charge on any atom is 0.254 e. The van der Waals surface area contributed by atoms with Gasteiger partial charge in [0.2, 0.25) is 15.9 Å². The molecular formula is C20H19ClN2O4S. The van der Waals surface area contributed by atoms with Gasteiger partial charge in [0.05, 0.1) is 22.4 Å². The lowest BCUT2D eigenvalue weighted by molar-refractivity contribution is -0.119. The van der Waals surface area contributed by atoms with Crippen molar-refractivity contribution in [1.29, 1.82) is 0 Å². The van der Waals surface area contributed by atoms with E-state index in [1.54, 1.807) is 17.9 Å². The highest BCUT2D eigenvalue weighted by Gasteiger charge is 2.43. The molecule has 0 saturated carbocycles. The summed E-state index contributed by atoms with van der Waals surface area (Å²) in [5.74, 6) is -1.65. The Labute approximate surface area is 168 Å². The van der Waals surface area contributed by atoms with Crippen LogP contribution in [-0.4, -0.2) is 37.4 Å². The highest BCUT2D eigenvalue weighted by molar-refractivity contribution is 7.94. The van der Waals surface area contributed by atoms with Gasteiger partial charge in [0.25, 0.3) is 5.91 Å². The first-order valence-electron chi connectivity index (χ1n) is 9.00. The molecule has 1 atom stereocenters. The molecule has 2 aromatic carbocycles. The van der Waals surface area contributed by atoms with Crippen LogP contribution in [0.2, 0.25) is 5.02 Å². The average molecular weight is 419 g/mol. The lowest BCUT2D eigenvalue weighted by atomic mass is 9.99. The lowest BCUT2D eigenvalue weighted by Gasteiger charge is -2.29. The fraction of sp³-hybridized carbons (Fsp3) is 0.300. The largest absolute Gasteiger partial charge is 0.334 e. The van der Waals surface area contributed by atoms with Crippen LogP contribution in [0.1, 0.15) is 28.4 Å². The van der Waals surface area contributed by atoms with Crippen molar-refractivity contribution in [2.75, 3.05) is 16.6 Å². The summed E-state index contributed by atoms with van der Waals surface area (Å²) in [5, 5.41) is 0.117. The van der Waals surface area contributed by atoms with Crippen LogP contribution >= 0.6 is 11.6 Å². The van der Waals surface area contributed by atoms with Crippen molar-refractivity contribution in [1.82, 2.24) is 4.90 Å². The van der Waals surface area contributed by atoms with E-state index < -0.39 is 21.8 Å². The van der Waals surface area contributed by atoms with Gasteiger partial charge >= 0.3 is 0 Å². The molecule has 2 heterocycles. The first-order valence-corrected chi connectivity index (χ1v) is 11.0. The maximum absolute atomic E-state index is 13.0. The van der Waals surface area contributed by atoms with Crippen LogP contribution in [0.4, 0.5) is 5.69 Å². The number of benzene rings is 2. The molecule has 4 rings (SSSR count). The van der Waals surface area contributed by atoms with Gasteiger partial charge in [-0.1, -0.05) is 42.8 Å². The van der Waals surface area contributed by atoms with Crippen molar-refractivity contribution < 1.29 is 18.0 Å². The number of hydrogen-bond donors (Lipinski definition) is 0. The van der Waals surface area contributed by atoms with Gasteiger partial charge in [-0.05, 0) is 35.7 Å². The predicted molar refractivity (Wildman–Crippen MR) is 107 cm³/mol. The Morgan fingerprint density at radius 1 is 1.14 bits per heavy atom. The van der Waals surface area contributed by atoms with E-state index in [-0.39, 0.29) is 22.4 Å². The van der Waals surface area contributed by atoms with Gasteiger partial charge in [0.15, 0.2) is 0 Å². The summed E-state index contributed by atoms with van der Waals surface area (Å²) in [6.07, 6.45) is 0.763. The predicted octanol–water partition coefficient (Wildman–Crippen LogP) is 2.85. The SMILES string of the molecule is CC1CS(=O)(=O)N(c2cc(C(=O)N3CCc4ccccc4C3)ccc2Cl)C1=O. The number of anilines is 1. The zero-order chi connectivity index (χ0) is 20.1. The zero-order valence-electron chi connectivity index (χ0n) is 15.3. The Morgan fingerprint density at radius 3 is 2.54 bits per heavy atom. The zero-order valence-corrected chi connectivity index (χ0v) is 16.8. The van der Waals surface area contributed by atoms with E-state index in [4.69, 9.17) is 11.6 Å². The second kappa shape index (κ2) is 6.90. The van der Waals surface area contributed by atoms with Crippen LogP contribution < -0.4 is 4.31 Å². The highest BCUT2D eigenvalue weighted by atomic mass is 35.5. The third-order valence-electron chi connectivity index (χ3n) is 5.19. The fourth-order valence-corrected chi connectivity index (χ4v) is 5.80. The number of hydrogen-bond acceptors (Lipinski definition) is 4. The number of nitrogens with zero attached hydrogens (tertiary/aromatic N) is 2. The summed E-state index contributed by atoms with van der Waals surface area (Å²) in [4.78, 5) is 27.1. The van der Waals surface area contributed by atoms with Gasteiger partial charge in [0.1, 0.15) is 0 Å². The summed E-state index contributed by atoms with van der Waals surface area (Å²) in [7, 11) is -3.79. The smallest absolute Gasteiger partial charge is 0.254 e. The molecule has 28 heavy (non-hydrogen) atoms. The minimum absolute atomic E-state index is 0.0410. The molecule has 2 aromatic rings. The molecule has 0 N–H and O–H groups in total. The molecule has 0 aliphatic carbocycles. The van der Waals surface area contributed by atoms with E-state index in [9.17, 15) is 18.0 Å². The van der Waals surface area contributed by atoms with E-state index in [0.29, 0.717) is 18.7 Å². The maximum atomic E-state index is 13.0. The molecular weight excluding hydrogens is 400 g/mol. The Kier molecular flexibility index (Phi) is 4.67. The molecule has 0 aromatic heterocycles. The van der Waals surface area contributed by atoms with Crippen molar-refractivity contribution in [3.05, 3.63) is 64.2 Å². The van der Waals surface area contributed by atoms with E-state index >= 15 is 0 Å². The van der Waals surface area contributed by atoms with Gasteiger partial charge in [-0.2, -0.15) is 0 Å². The third-order valence-corrected chi connectivity index (χ3v) is 7.36. The fourth-order valence-electron chi connectivity index (χ4n) is 3.72. The Hall–Kier alpha value is -2.38. The molecule has 2 aliphatic rings. The van der Waals surface area contributed by atoms with E-state index in [2.05, 4.69) is 6.07 Å². The van der Waals surface area contributed by atoms with E-state index in [1.807, 2.05) is 18.2 Å². The van der Waals surface area contributed by atoms with Crippen molar-refractivity contribution >= 4 is 39.1 Å².